The predicted molar refractivity (Wildman–Crippen MR) is 90.5 cm³/mol. The van der Waals surface area contributed by atoms with Crippen LogP contribution in [-0.2, 0) is 11.2 Å². The molecule has 6 nitrogen and oxygen atoms in total. The number of carbonyl (C=O) groups excluding carboxylic acids is 1. The molecule has 1 aliphatic heterocycles. The number of nitrogens with zero attached hydrogens (tertiary/aromatic N) is 4. The quantitative estimate of drug-likeness (QED) is 0.815. The molecule has 1 aromatic carbocycles. The van der Waals surface area contributed by atoms with Gasteiger partial charge < -0.3 is 15.1 Å². The summed E-state index contributed by atoms with van der Waals surface area (Å²) in [7, 11) is 0. The number of halogens is 1. The number of nitrogens with one attached hydrogen (secondary N) is 1. The Balaban J connectivity index is 1.56. The van der Waals surface area contributed by atoms with Crippen molar-refractivity contribution in [2.45, 2.75) is 6.42 Å². The lowest BCUT2D eigenvalue weighted by Crippen LogP contribution is -2.46. The first kappa shape index (κ1) is 16.2. The molecule has 0 unspecified atom stereocenters. The van der Waals surface area contributed by atoms with E-state index < -0.39 is 0 Å². The van der Waals surface area contributed by atoms with Crippen molar-refractivity contribution in [3.63, 3.8) is 0 Å². The summed E-state index contributed by atoms with van der Waals surface area (Å²) >= 11 is 0. The molecule has 24 heavy (non-hydrogen) atoms. The summed E-state index contributed by atoms with van der Waals surface area (Å²) in [5.41, 5.74) is 0.685. The zero-order valence-corrected chi connectivity index (χ0v) is 13.4. The van der Waals surface area contributed by atoms with E-state index in [0.717, 1.165) is 25.3 Å². The highest BCUT2D eigenvalue weighted by Gasteiger charge is 2.17. The number of benzene rings is 1. The van der Waals surface area contributed by atoms with Crippen molar-refractivity contribution < 1.29 is 9.18 Å². The Hall–Kier alpha value is -2.70. The van der Waals surface area contributed by atoms with E-state index in [-0.39, 0.29) is 5.82 Å². The Morgan fingerprint density at radius 2 is 1.96 bits per heavy atom. The molecule has 2 aromatic rings. The molecule has 7 heteroatoms. The van der Waals surface area contributed by atoms with Crippen LogP contribution in [0.1, 0.15) is 5.56 Å². The van der Waals surface area contributed by atoms with Gasteiger partial charge in [0, 0.05) is 38.8 Å². The van der Waals surface area contributed by atoms with E-state index in [2.05, 4.69) is 20.2 Å². The summed E-state index contributed by atoms with van der Waals surface area (Å²) in [5, 5.41) is 3.21. The van der Waals surface area contributed by atoms with E-state index in [4.69, 9.17) is 0 Å². The third kappa shape index (κ3) is 3.98. The van der Waals surface area contributed by atoms with Crippen LogP contribution in [-0.4, -0.2) is 54.0 Å². The summed E-state index contributed by atoms with van der Waals surface area (Å²) in [6.07, 6.45) is 2.99. The summed E-state index contributed by atoms with van der Waals surface area (Å²) in [5.74, 6) is 1.37. The number of carbonyl (C=O) groups is 1. The molecule has 0 spiro atoms. The predicted octanol–water partition coefficient (Wildman–Crippen LogP) is 1.55. The van der Waals surface area contributed by atoms with E-state index in [1.54, 1.807) is 17.0 Å². The van der Waals surface area contributed by atoms with Gasteiger partial charge >= 0.3 is 0 Å². The maximum Gasteiger partial charge on any atom is 0.209 e. The highest BCUT2D eigenvalue weighted by Crippen LogP contribution is 2.16. The molecule has 3 rings (SSSR count). The lowest BCUT2D eigenvalue weighted by Gasteiger charge is -2.33. The Bertz CT molecular complexity index is 688. The van der Waals surface area contributed by atoms with E-state index in [1.165, 1.54) is 12.4 Å². The number of anilines is 2. The molecule has 0 radical (unpaired) electrons. The van der Waals surface area contributed by atoms with E-state index in [1.807, 2.05) is 12.1 Å². The molecule has 0 saturated carbocycles. The van der Waals surface area contributed by atoms with Crippen LogP contribution >= 0.6 is 0 Å². The van der Waals surface area contributed by atoms with Crippen LogP contribution in [0.15, 0.2) is 36.7 Å². The van der Waals surface area contributed by atoms with Gasteiger partial charge in [0.15, 0.2) is 0 Å². The fourth-order valence-corrected chi connectivity index (χ4v) is 2.70. The molecular formula is C17H20FN5O. The van der Waals surface area contributed by atoms with Crippen LogP contribution in [0.4, 0.5) is 16.0 Å². The molecule has 0 atom stereocenters. The summed E-state index contributed by atoms with van der Waals surface area (Å²) in [4.78, 5) is 23.2. The summed E-state index contributed by atoms with van der Waals surface area (Å²) in [6.45, 7) is 3.50. The molecule has 1 amide bonds. The number of aromatic nitrogens is 2. The van der Waals surface area contributed by atoms with Crippen molar-refractivity contribution in [1.82, 2.24) is 14.9 Å². The van der Waals surface area contributed by atoms with Crippen LogP contribution in [0.5, 0.6) is 0 Å². The molecule has 1 aliphatic rings. The number of hydrogen-bond donors (Lipinski definition) is 1. The first-order valence-corrected chi connectivity index (χ1v) is 8.00. The average molecular weight is 329 g/mol. The summed E-state index contributed by atoms with van der Waals surface area (Å²) in [6, 6.07) is 8.66. The van der Waals surface area contributed by atoms with Crippen LogP contribution < -0.4 is 10.2 Å². The highest BCUT2D eigenvalue weighted by atomic mass is 19.1. The lowest BCUT2D eigenvalue weighted by atomic mass is 10.1. The van der Waals surface area contributed by atoms with Crippen LogP contribution in [0, 0.1) is 5.82 Å². The minimum atomic E-state index is -0.185. The van der Waals surface area contributed by atoms with Crippen molar-refractivity contribution in [2.24, 2.45) is 0 Å². The highest BCUT2D eigenvalue weighted by molar-refractivity contribution is 5.51. The molecule has 0 bridgehead atoms. The van der Waals surface area contributed by atoms with Gasteiger partial charge in [0.1, 0.15) is 23.8 Å². The summed E-state index contributed by atoms with van der Waals surface area (Å²) < 4.78 is 13.6. The SMILES string of the molecule is O=CN1CCN(c2cc(NCCc3ccccc3F)ncn2)CC1. The van der Waals surface area contributed by atoms with Gasteiger partial charge in [0.05, 0.1) is 0 Å². The first-order chi connectivity index (χ1) is 11.8. The van der Waals surface area contributed by atoms with Gasteiger partial charge in [-0.2, -0.15) is 0 Å². The Kier molecular flexibility index (Phi) is 5.20. The van der Waals surface area contributed by atoms with Crippen molar-refractivity contribution in [3.05, 3.63) is 48.0 Å². The Morgan fingerprint density at radius 3 is 2.71 bits per heavy atom. The number of hydrogen-bond acceptors (Lipinski definition) is 5. The molecule has 1 aromatic heterocycles. The smallest absolute Gasteiger partial charge is 0.209 e. The monoisotopic (exact) mass is 329 g/mol. The van der Waals surface area contributed by atoms with Crippen LogP contribution in [0.25, 0.3) is 0 Å². The van der Waals surface area contributed by atoms with E-state index >= 15 is 0 Å². The molecular weight excluding hydrogens is 309 g/mol. The van der Waals surface area contributed by atoms with Crippen LogP contribution in [0.3, 0.4) is 0 Å². The molecule has 1 saturated heterocycles. The maximum atomic E-state index is 13.6. The second-order valence-electron chi connectivity index (χ2n) is 5.66. The molecule has 126 valence electrons. The van der Waals surface area contributed by atoms with Gasteiger partial charge in [-0.25, -0.2) is 14.4 Å². The van der Waals surface area contributed by atoms with Crippen molar-refractivity contribution in [2.75, 3.05) is 42.9 Å². The Morgan fingerprint density at radius 1 is 1.17 bits per heavy atom. The van der Waals surface area contributed by atoms with Gasteiger partial charge in [-0.1, -0.05) is 18.2 Å². The third-order valence-corrected chi connectivity index (χ3v) is 4.10. The zero-order chi connectivity index (χ0) is 16.8. The first-order valence-electron chi connectivity index (χ1n) is 8.00. The van der Waals surface area contributed by atoms with Gasteiger partial charge in [0.25, 0.3) is 0 Å². The molecule has 1 fully saturated rings. The lowest BCUT2D eigenvalue weighted by molar-refractivity contribution is -0.118. The minimum absolute atomic E-state index is 0.185. The number of rotatable bonds is 6. The van der Waals surface area contributed by atoms with Crippen LogP contribution in [0.2, 0.25) is 0 Å². The number of piperazine rings is 1. The fraction of sp³-hybridized carbons (Fsp3) is 0.353. The minimum Gasteiger partial charge on any atom is -0.370 e. The van der Waals surface area contributed by atoms with Crippen molar-refractivity contribution in [3.8, 4) is 0 Å². The van der Waals surface area contributed by atoms with Crippen molar-refractivity contribution >= 4 is 18.0 Å². The molecule has 2 heterocycles. The standard InChI is InChI=1S/C17H20FN5O/c18-15-4-2-1-3-14(15)5-6-19-16-11-17(21-12-20-16)23-9-7-22(13-24)8-10-23/h1-4,11-13H,5-10H2,(H,19,20,21). The second kappa shape index (κ2) is 7.72. The second-order valence-corrected chi connectivity index (χ2v) is 5.66. The molecule has 0 aliphatic carbocycles. The third-order valence-electron chi connectivity index (χ3n) is 4.10. The van der Waals surface area contributed by atoms with Gasteiger partial charge in [-0.3, -0.25) is 4.79 Å². The Labute approximate surface area is 140 Å². The van der Waals surface area contributed by atoms with Crippen molar-refractivity contribution in [1.29, 1.82) is 0 Å². The van der Waals surface area contributed by atoms with E-state index in [0.29, 0.717) is 37.4 Å². The number of amides is 1. The fourth-order valence-electron chi connectivity index (χ4n) is 2.70. The molecule has 1 N–H and O–H groups in total. The van der Waals surface area contributed by atoms with E-state index in [9.17, 15) is 9.18 Å². The average Bonchev–Trinajstić information content (AvgIpc) is 2.64. The van der Waals surface area contributed by atoms with Gasteiger partial charge in [-0.15, -0.1) is 0 Å². The normalized spacial score (nSPS) is 14.5. The largest absolute Gasteiger partial charge is 0.370 e. The van der Waals surface area contributed by atoms with Gasteiger partial charge in [-0.05, 0) is 18.1 Å². The topological polar surface area (TPSA) is 61.4 Å². The zero-order valence-electron chi connectivity index (χ0n) is 13.4. The maximum absolute atomic E-state index is 13.6. The van der Waals surface area contributed by atoms with Gasteiger partial charge in [0.2, 0.25) is 6.41 Å².